The third-order valence-electron chi connectivity index (χ3n) is 2.71. The van der Waals surface area contributed by atoms with E-state index in [1.165, 1.54) is 36.2 Å². The molecular weight excluding hydrogens is 353 g/mol. The van der Waals surface area contributed by atoms with Crippen LogP contribution in [0.3, 0.4) is 0 Å². The zero-order valence-electron chi connectivity index (χ0n) is 11.5. The van der Waals surface area contributed by atoms with Crippen molar-refractivity contribution in [2.24, 2.45) is 7.05 Å². The van der Waals surface area contributed by atoms with Crippen molar-refractivity contribution in [2.45, 2.75) is 5.03 Å². The number of esters is 1. The number of halogens is 2. The number of nitrogens with one attached hydrogen (secondary N) is 1. The van der Waals surface area contributed by atoms with Crippen LogP contribution in [0.1, 0.15) is 10.4 Å². The molecule has 1 aromatic carbocycles. The number of anilines is 1. The summed E-state index contributed by atoms with van der Waals surface area (Å²) in [5, 5.41) is -0.202. The SMILES string of the molecule is COC(=O)c1cc(NS(=O)(=O)c2ncn(C)c2Cl)ccc1Cl. The van der Waals surface area contributed by atoms with E-state index in [9.17, 15) is 13.2 Å². The minimum Gasteiger partial charge on any atom is -0.465 e. The molecule has 2 aromatic rings. The lowest BCUT2D eigenvalue weighted by Gasteiger charge is -2.09. The van der Waals surface area contributed by atoms with Crippen LogP contribution in [-0.4, -0.2) is 31.0 Å². The van der Waals surface area contributed by atoms with Crippen LogP contribution in [0.2, 0.25) is 10.2 Å². The van der Waals surface area contributed by atoms with E-state index in [-0.39, 0.29) is 26.5 Å². The van der Waals surface area contributed by atoms with E-state index in [0.717, 1.165) is 0 Å². The van der Waals surface area contributed by atoms with Gasteiger partial charge in [-0.3, -0.25) is 4.72 Å². The van der Waals surface area contributed by atoms with Gasteiger partial charge < -0.3 is 9.30 Å². The molecule has 0 saturated heterocycles. The third-order valence-corrected chi connectivity index (χ3v) is 4.91. The van der Waals surface area contributed by atoms with E-state index >= 15 is 0 Å². The molecule has 1 N–H and O–H groups in total. The highest BCUT2D eigenvalue weighted by atomic mass is 35.5. The summed E-state index contributed by atoms with van der Waals surface area (Å²) in [7, 11) is -1.24. The molecule has 0 aliphatic carbocycles. The van der Waals surface area contributed by atoms with Crippen molar-refractivity contribution in [1.82, 2.24) is 9.55 Å². The zero-order valence-corrected chi connectivity index (χ0v) is 13.8. The average molecular weight is 364 g/mol. The Kier molecular flexibility index (Phi) is 4.64. The van der Waals surface area contributed by atoms with E-state index in [0.29, 0.717) is 0 Å². The number of carbonyl (C=O) groups is 1. The predicted molar refractivity (Wildman–Crippen MR) is 81.8 cm³/mol. The Hall–Kier alpha value is -1.77. The summed E-state index contributed by atoms with van der Waals surface area (Å²) < 4.78 is 32.7. The van der Waals surface area contributed by atoms with Crippen molar-refractivity contribution >= 4 is 44.9 Å². The fourth-order valence-corrected chi connectivity index (χ4v) is 3.31. The van der Waals surface area contributed by atoms with Crippen LogP contribution < -0.4 is 4.72 Å². The lowest BCUT2D eigenvalue weighted by molar-refractivity contribution is 0.0601. The molecule has 10 heteroatoms. The van der Waals surface area contributed by atoms with Crippen molar-refractivity contribution in [2.75, 3.05) is 11.8 Å². The lowest BCUT2D eigenvalue weighted by Crippen LogP contribution is -2.14. The quantitative estimate of drug-likeness (QED) is 0.841. The van der Waals surface area contributed by atoms with Crippen molar-refractivity contribution in [3.05, 3.63) is 40.3 Å². The molecule has 0 radical (unpaired) electrons. The van der Waals surface area contributed by atoms with Gasteiger partial charge in [-0.1, -0.05) is 23.2 Å². The molecule has 0 spiro atoms. The maximum Gasteiger partial charge on any atom is 0.339 e. The Labute approximate surface area is 136 Å². The number of sulfonamides is 1. The van der Waals surface area contributed by atoms with Crippen LogP contribution in [0.4, 0.5) is 5.69 Å². The van der Waals surface area contributed by atoms with Crippen LogP contribution in [0.25, 0.3) is 0 Å². The van der Waals surface area contributed by atoms with Gasteiger partial charge in [-0.05, 0) is 18.2 Å². The number of rotatable bonds is 4. The van der Waals surface area contributed by atoms with Crippen LogP contribution in [0.5, 0.6) is 0 Å². The number of nitrogens with zero attached hydrogens (tertiary/aromatic N) is 2. The second-order valence-electron chi connectivity index (χ2n) is 4.24. The standard InChI is InChI=1S/C12H11Cl2N3O4S/c1-17-6-15-11(10(17)14)22(19,20)16-7-3-4-9(13)8(5-7)12(18)21-2/h3-6,16H,1-2H3. The van der Waals surface area contributed by atoms with Gasteiger partial charge in [0.05, 0.1) is 24.0 Å². The van der Waals surface area contributed by atoms with E-state index in [4.69, 9.17) is 23.2 Å². The van der Waals surface area contributed by atoms with Crippen molar-refractivity contribution in [1.29, 1.82) is 0 Å². The lowest BCUT2D eigenvalue weighted by atomic mass is 10.2. The molecule has 0 atom stereocenters. The Morgan fingerprint density at radius 1 is 1.36 bits per heavy atom. The largest absolute Gasteiger partial charge is 0.465 e. The Bertz CT molecular complexity index is 833. The molecule has 2 rings (SSSR count). The minimum absolute atomic E-state index is 0.0327. The number of hydrogen-bond acceptors (Lipinski definition) is 5. The maximum absolute atomic E-state index is 12.3. The molecule has 118 valence electrons. The third kappa shape index (κ3) is 3.18. The van der Waals surface area contributed by atoms with Crippen LogP contribution >= 0.6 is 23.2 Å². The maximum atomic E-state index is 12.3. The van der Waals surface area contributed by atoms with Gasteiger partial charge in [-0.15, -0.1) is 0 Å². The highest BCUT2D eigenvalue weighted by Crippen LogP contribution is 2.25. The van der Waals surface area contributed by atoms with Crippen molar-refractivity contribution in [3.63, 3.8) is 0 Å². The van der Waals surface area contributed by atoms with Crippen molar-refractivity contribution < 1.29 is 17.9 Å². The smallest absolute Gasteiger partial charge is 0.339 e. The fraction of sp³-hybridized carbons (Fsp3) is 0.167. The molecule has 1 heterocycles. The first-order valence-corrected chi connectivity index (χ1v) is 8.07. The van der Waals surface area contributed by atoms with Gasteiger partial charge in [0.25, 0.3) is 10.0 Å². The van der Waals surface area contributed by atoms with Crippen molar-refractivity contribution in [3.8, 4) is 0 Å². The first-order chi connectivity index (χ1) is 10.3. The summed E-state index contributed by atoms with van der Waals surface area (Å²) in [5.41, 5.74) is 0.169. The first kappa shape index (κ1) is 16.6. The molecule has 0 aliphatic rings. The molecule has 22 heavy (non-hydrogen) atoms. The topological polar surface area (TPSA) is 90.3 Å². The number of methoxy groups -OCH3 is 1. The van der Waals surface area contributed by atoms with Crippen LogP contribution in [-0.2, 0) is 21.8 Å². The summed E-state index contributed by atoms with van der Waals surface area (Å²) in [6, 6.07) is 4.05. The van der Waals surface area contributed by atoms with Gasteiger partial charge in [0.1, 0.15) is 5.15 Å². The van der Waals surface area contributed by atoms with E-state index < -0.39 is 16.0 Å². The number of carbonyl (C=O) groups excluding carboxylic acids is 1. The fourth-order valence-electron chi connectivity index (χ4n) is 1.63. The number of hydrogen-bond donors (Lipinski definition) is 1. The predicted octanol–water partition coefficient (Wildman–Crippen LogP) is 2.31. The molecule has 0 unspecified atom stereocenters. The highest BCUT2D eigenvalue weighted by molar-refractivity contribution is 7.92. The number of imidazole rings is 1. The normalized spacial score (nSPS) is 11.3. The van der Waals surface area contributed by atoms with Gasteiger partial charge in [0.15, 0.2) is 0 Å². The molecule has 7 nitrogen and oxygen atoms in total. The summed E-state index contributed by atoms with van der Waals surface area (Å²) >= 11 is 11.7. The van der Waals surface area contributed by atoms with Gasteiger partial charge in [-0.2, -0.15) is 8.42 Å². The molecule has 0 bridgehead atoms. The summed E-state index contributed by atoms with van der Waals surface area (Å²) in [5.74, 6) is -0.679. The zero-order chi connectivity index (χ0) is 16.5. The second kappa shape index (κ2) is 6.15. The summed E-state index contributed by atoms with van der Waals surface area (Å²) in [4.78, 5) is 15.3. The van der Waals surface area contributed by atoms with Gasteiger partial charge in [0, 0.05) is 12.7 Å². The number of aryl methyl sites for hydroxylation is 1. The van der Waals surface area contributed by atoms with Gasteiger partial charge >= 0.3 is 5.97 Å². The summed E-state index contributed by atoms with van der Waals surface area (Å²) in [6.45, 7) is 0. The molecule has 1 aromatic heterocycles. The number of benzene rings is 1. The van der Waals surface area contributed by atoms with Crippen LogP contribution in [0, 0.1) is 0 Å². The summed E-state index contributed by atoms with van der Waals surface area (Å²) in [6.07, 6.45) is 1.28. The second-order valence-corrected chi connectivity index (χ2v) is 6.61. The molecule has 0 amide bonds. The van der Waals surface area contributed by atoms with E-state index in [1.54, 1.807) is 7.05 Å². The highest BCUT2D eigenvalue weighted by Gasteiger charge is 2.23. The van der Waals surface area contributed by atoms with Gasteiger partial charge in [-0.25, -0.2) is 9.78 Å². The van der Waals surface area contributed by atoms with E-state index in [1.807, 2.05) is 0 Å². The molecular formula is C12H11Cl2N3O4S. The Morgan fingerprint density at radius 3 is 2.59 bits per heavy atom. The first-order valence-electron chi connectivity index (χ1n) is 5.83. The monoisotopic (exact) mass is 363 g/mol. The minimum atomic E-state index is -3.99. The Balaban J connectivity index is 2.38. The molecule has 0 aliphatic heterocycles. The van der Waals surface area contributed by atoms with Gasteiger partial charge in [0.2, 0.25) is 5.03 Å². The van der Waals surface area contributed by atoms with E-state index in [2.05, 4.69) is 14.4 Å². The molecule has 0 fully saturated rings. The number of aromatic nitrogens is 2. The van der Waals surface area contributed by atoms with Crippen LogP contribution in [0.15, 0.2) is 29.6 Å². The average Bonchev–Trinajstić information content (AvgIpc) is 2.80. The molecule has 0 saturated carbocycles. The Morgan fingerprint density at radius 2 is 2.05 bits per heavy atom. The number of ether oxygens (including phenoxy) is 1.